The monoisotopic (exact) mass is 216 g/mol. The number of aromatic hydroxyl groups is 1. The van der Waals surface area contributed by atoms with Crippen molar-refractivity contribution in [1.82, 2.24) is 0 Å². The van der Waals surface area contributed by atoms with E-state index in [2.05, 4.69) is 0 Å². The van der Waals surface area contributed by atoms with Crippen LogP contribution in [0.4, 0.5) is 0 Å². The van der Waals surface area contributed by atoms with Crippen LogP contribution in [-0.2, 0) is 5.41 Å². The average molecular weight is 217 g/mol. The zero-order valence-corrected chi connectivity index (χ0v) is 8.73. The first-order valence-corrected chi connectivity index (χ1v) is 4.89. The number of benzene rings is 1. The summed E-state index contributed by atoms with van der Waals surface area (Å²) >= 11 is 12.1. The number of halogens is 2. The van der Waals surface area contributed by atoms with Gasteiger partial charge in [0.25, 0.3) is 0 Å². The Balaban J connectivity index is 2.34. The SMILES string of the molecule is CC1(c2ccc(O)cc2)CC1(Cl)Cl. The third-order valence-corrected chi connectivity index (χ3v) is 3.86. The van der Waals surface area contributed by atoms with Crippen LogP contribution in [0.2, 0.25) is 0 Å². The summed E-state index contributed by atoms with van der Waals surface area (Å²) in [5.41, 5.74) is 0.930. The third kappa shape index (κ3) is 1.31. The van der Waals surface area contributed by atoms with Crippen molar-refractivity contribution in [2.24, 2.45) is 0 Å². The van der Waals surface area contributed by atoms with E-state index in [1.165, 1.54) is 0 Å². The average Bonchev–Trinajstić information content (AvgIpc) is 2.53. The molecule has 0 amide bonds. The molecule has 1 aliphatic rings. The van der Waals surface area contributed by atoms with E-state index in [1.807, 2.05) is 19.1 Å². The standard InChI is InChI=1S/C10H10Cl2O/c1-9(6-10(9,11)12)7-2-4-8(13)5-3-7/h2-5,13H,6H2,1H3. The lowest BCUT2D eigenvalue weighted by molar-refractivity contribution is 0.475. The summed E-state index contributed by atoms with van der Waals surface area (Å²) in [6.45, 7) is 2.03. The molecule has 0 heterocycles. The molecule has 1 saturated carbocycles. The predicted octanol–water partition coefficient (Wildman–Crippen LogP) is 3.23. The molecule has 1 aliphatic carbocycles. The number of phenolic OH excluding ortho intramolecular Hbond substituents is 1. The van der Waals surface area contributed by atoms with E-state index in [9.17, 15) is 0 Å². The topological polar surface area (TPSA) is 20.2 Å². The normalized spacial score (nSPS) is 30.1. The molecule has 1 aromatic rings. The highest BCUT2D eigenvalue weighted by Gasteiger charge is 2.63. The van der Waals surface area contributed by atoms with E-state index in [1.54, 1.807) is 12.1 Å². The van der Waals surface area contributed by atoms with Crippen LogP contribution in [0.15, 0.2) is 24.3 Å². The molecule has 0 spiro atoms. The van der Waals surface area contributed by atoms with Gasteiger partial charge in [0.05, 0.1) is 0 Å². The van der Waals surface area contributed by atoms with Crippen LogP contribution in [0.3, 0.4) is 0 Å². The highest BCUT2D eigenvalue weighted by molar-refractivity contribution is 6.52. The summed E-state index contributed by atoms with van der Waals surface area (Å²) < 4.78 is -0.635. The largest absolute Gasteiger partial charge is 0.508 e. The number of rotatable bonds is 1. The first kappa shape index (κ1) is 9.17. The van der Waals surface area contributed by atoms with Gasteiger partial charge in [-0.05, 0) is 24.1 Å². The Kier molecular flexibility index (Phi) is 1.80. The van der Waals surface area contributed by atoms with Gasteiger partial charge in [-0.2, -0.15) is 0 Å². The predicted molar refractivity (Wildman–Crippen MR) is 54.5 cm³/mol. The molecule has 3 heteroatoms. The lowest BCUT2D eigenvalue weighted by Gasteiger charge is -2.11. The molecular formula is C10H10Cl2O. The smallest absolute Gasteiger partial charge is 0.128 e. The summed E-state index contributed by atoms with van der Waals surface area (Å²) in [4.78, 5) is 0. The molecule has 1 atom stereocenters. The minimum atomic E-state index is -0.635. The van der Waals surface area contributed by atoms with Gasteiger partial charge in [0, 0.05) is 5.41 Å². The molecule has 1 nitrogen and oxygen atoms in total. The Bertz CT molecular complexity index is 331. The quantitative estimate of drug-likeness (QED) is 0.716. The molecule has 13 heavy (non-hydrogen) atoms. The number of hydrogen-bond acceptors (Lipinski definition) is 1. The Hall–Kier alpha value is -0.400. The zero-order chi connectivity index (χ0) is 9.69. The Labute approximate surface area is 87.3 Å². The third-order valence-electron chi connectivity index (χ3n) is 2.76. The highest BCUT2D eigenvalue weighted by Crippen LogP contribution is 2.64. The Morgan fingerprint density at radius 1 is 1.23 bits per heavy atom. The van der Waals surface area contributed by atoms with Crippen molar-refractivity contribution in [3.63, 3.8) is 0 Å². The maximum atomic E-state index is 9.11. The summed E-state index contributed by atoms with van der Waals surface area (Å²) in [6, 6.07) is 7.04. The summed E-state index contributed by atoms with van der Waals surface area (Å²) in [5, 5.41) is 9.11. The first-order valence-electron chi connectivity index (χ1n) is 4.13. The maximum Gasteiger partial charge on any atom is 0.128 e. The summed E-state index contributed by atoms with van der Waals surface area (Å²) in [5.74, 6) is 0.266. The van der Waals surface area contributed by atoms with E-state index >= 15 is 0 Å². The molecule has 70 valence electrons. The molecule has 0 aliphatic heterocycles. The van der Waals surface area contributed by atoms with Gasteiger partial charge in [-0.15, -0.1) is 23.2 Å². The van der Waals surface area contributed by atoms with Crippen molar-refractivity contribution in [3.05, 3.63) is 29.8 Å². The van der Waals surface area contributed by atoms with Gasteiger partial charge in [-0.1, -0.05) is 19.1 Å². The summed E-state index contributed by atoms with van der Waals surface area (Å²) in [7, 11) is 0. The highest BCUT2D eigenvalue weighted by atomic mass is 35.5. The molecule has 1 N–H and O–H groups in total. The fourth-order valence-corrected chi connectivity index (χ4v) is 2.30. The molecule has 0 bridgehead atoms. The second-order valence-corrected chi connectivity index (χ2v) is 5.24. The van der Waals surface area contributed by atoms with Crippen LogP contribution in [-0.4, -0.2) is 9.44 Å². The molecular weight excluding hydrogens is 207 g/mol. The minimum Gasteiger partial charge on any atom is -0.508 e. The second-order valence-electron chi connectivity index (χ2n) is 3.76. The van der Waals surface area contributed by atoms with Crippen molar-refractivity contribution >= 4 is 23.2 Å². The maximum absolute atomic E-state index is 9.11. The zero-order valence-electron chi connectivity index (χ0n) is 7.22. The molecule has 0 saturated heterocycles. The molecule has 0 radical (unpaired) electrons. The van der Waals surface area contributed by atoms with Crippen LogP contribution < -0.4 is 0 Å². The Morgan fingerprint density at radius 2 is 1.69 bits per heavy atom. The lowest BCUT2D eigenvalue weighted by Crippen LogP contribution is -2.09. The van der Waals surface area contributed by atoms with E-state index in [0.29, 0.717) is 0 Å². The van der Waals surface area contributed by atoms with Crippen LogP contribution >= 0.6 is 23.2 Å². The van der Waals surface area contributed by atoms with Crippen LogP contribution in [0.1, 0.15) is 18.9 Å². The lowest BCUT2D eigenvalue weighted by atomic mass is 9.98. The molecule has 1 aromatic carbocycles. The van der Waals surface area contributed by atoms with E-state index in [0.717, 1.165) is 12.0 Å². The van der Waals surface area contributed by atoms with Crippen molar-refractivity contribution < 1.29 is 5.11 Å². The van der Waals surface area contributed by atoms with Gasteiger partial charge in [0.1, 0.15) is 10.1 Å². The molecule has 0 aromatic heterocycles. The summed E-state index contributed by atoms with van der Waals surface area (Å²) in [6.07, 6.45) is 0.772. The van der Waals surface area contributed by atoms with Gasteiger partial charge in [0.15, 0.2) is 0 Å². The second kappa shape index (κ2) is 2.55. The molecule has 2 rings (SSSR count). The van der Waals surface area contributed by atoms with Crippen molar-refractivity contribution in [1.29, 1.82) is 0 Å². The van der Waals surface area contributed by atoms with Crippen molar-refractivity contribution in [3.8, 4) is 5.75 Å². The number of phenols is 1. The molecule has 1 fully saturated rings. The van der Waals surface area contributed by atoms with Crippen LogP contribution in [0, 0.1) is 0 Å². The van der Waals surface area contributed by atoms with E-state index in [4.69, 9.17) is 28.3 Å². The van der Waals surface area contributed by atoms with E-state index < -0.39 is 4.33 Å². The van der Waals surface area contributed by atoms with Gasteiger partial charge in [0.2, 0.25) is 0 Å². The van der Waals surface area contributed by atoms with Gasteiger partial charge >= 0.3 is 0 Å². The van der Waals surface area contributed by atoms with Crippen molar-refractivity contribution in [2.75, 3.05) is 0 Å². The first-order chi connectivity index (χ1) is 5.96. The van der Waals surface area contributed by atoms with E-state index in [-0.39, 0.29) is 11.2 Å². The van der Waals surface area contributed by atoms with Crippen LogP contribution in [0.5, 0.6) is 5.75 Å². The van der Waals surface area contributed by atoms with Gasteiger partial charge in [-0.25, -0.2) is 0 Å². The number of alkyl halides is 2. The van der Waals surface area contributed by atoms with Gasteiger partial charge < -0.3 is 5.11 Å². The number of hydrogen-bond donors (Lipinski definition) is 1. The van der Waals surface area contributed by atoms with Gasteiger partial charge in [-0.3, -0.25) is 0 Å². The fraction of sp³-hybridized carbons (Fsp3) is 0.400. The van der Waals surface area contributed by atoms with Crippen molar-refractivity contribution in [2.45, 2.75) is 23.1 Å². The van der Waals surface area contributed by atoms with Crippen LogP contribution in [0.25, 0.3) is 0 Å². The Morgan fingerprint density at radius 3 is 2.08 bits per heavy atom. The fourth-order valence-electron chi connectivity index (χ4n) is 1.54. The molecule has 1 unspecified atom stereocenters. The minimum absolute atomic E-state index is 0.149.